The van der Waals surface area contributed by atoms with Gasteiger partial charge in [-0.05, 0) is 0 Å². The van der Waals surface area contributed by atoms with E-state index in [-0.39, 0.29) is 5.69 Å². The van der Waals surface area contributed by atoms with E-state index in [0.29, 0.717) is 0 Å². The number of aromatic nitrogens is 2. The van der Waals surface area contributed by atoms with Gasteiger partial charge in [0.2, 0.25) is 0 Å². The Balaban J connectivity index is 3.12. The zero-order chi connectivity index (χ0) is 7.56. The first-order valence-electron chi connectivity index (χ1n) is 2.48. The molecule has 0 saturated carbocycles. The monoisotopic (exact) mass is 140 g/mol. The molecule has 1 aromatic rings. The zero-order valence-electron chi connectivity index (χ0n) is 4.87. The van der Waals surface area contributed by atoms with Gasteiger partial charge in [-0.25, -0.2) is 9.78 Å². The SMILES string of the molecule is O=C(O)c1c[nH]c(=O)cn1. The third-order valence-electron chi connectivity index (χ3n) is 0.891. The fourth-order valence-electron chi connectivity index (χ4n) is 0.459. The Labute approximate surface area is 55.4 Å². The number of hydrogen-bond donors (Lipinski definition) is 2. The lowest BCUT2D eigenvalue weighted by Crippen LogP contribution is -2.09. The molecule has 0 amide bonds. The Morgan fingerprint density at radius 1 is 1.70 bits per heavy atom. The van der Waals surface area contributed by atoms with Gasteiger partial charge in [0.05, 0.1) is 6.20 Å². The van der Waals surface area contributed by atoms with Crippen LogP contribution in [0.1, 0.15) is 10.5 Å². The summed E-state index contributed by atoms with van der Waals surface area (Å²) in [5, 5.41) is 8.29. The maximum atomic E-state index is 10.3. The van der Waals surface area contributed by atoms with Gasteiger partial charge in [-0.2, -0.15) is 0 Å². The van der Waals surface area contributed by atoms with E-state index >= 15 is 0 Å². The molecule has 5 nitrogen and oxygen atoms in total. The van der Waals surface area contributed by atoms with Gasteiger partial charge in [0.25, 0.3) is 5.56 Å². The summed E-state index contributed by atoms with van der Waals surface area (Å²) >= 11 is 0. The Kier molecular flexibility index (Phi) is 1.49. The molecule has 0 radical (unpaired) electrons. The van der Waals surface area contributed by atoms with Crippen LogP contribution in [-0.4, -0.2) is 21.0 Å². The molecule has 0 aromatic carbocycles. The Hall–Kier alpha value is -1.65. The summed E-state index contributed by atoms with van der Waals surface area (Å²) in [6.45, 7) is 0. The van der Waals surface area contributed by atoms with Gasteiger partial charge in [0, 0.05) is 6.20 Å². The Bertz CT molecular complexity index is 284. The molecule has 1 heterocycles. The van der Waals surface area contributed by atoms with Crippen molar-refractivity contribution in [3.05, 3.63) is 28.4 Å². The standard InChI is InChI=1S/C5H4N2O3/c8-4-2-6-3(1-7-4)5(9)10/h1-2H,(H,7,8)(H,9,10). The molecule has 52 valence electrons. The molecular formula is C5H4N2O3. The summed E-state index contributed by atoms with van der Waals surface area (Å²) in [5.74, 6) is -1.16. The minimum Gasteiger partial charge on any atom is -0.476 e. The normalized spacial score (nSPS) is 9.20. The summed E-state index contributed by atoms with van der Waals surface area (Å²) in [4.78, 5) is 26.0. The van der Waals surface area contributed by atoms with Crippen LogP contribution in [0.15, 0.2) is 17.2 Å². The van der Waals surface area contributed by atoms with Crippen LogP contribution in [-0.2, 0) is 0 Å². The van der Waals surface area contributed by atoms with Gasteiger partial charge < -0.3 is 10.1 Å². The highest BCUT2D eigenvalue weighted by atomic mass is 16.4. The van der Waals surface area contributed by atoms with Crippen molar-refractivity contribution < 1.29 is 9.90 Å². The van der Waals surface area contributed by atoms with Crippen LogP contribution in [0.5, 0.6) is 0 Å². The van der Waals surface area contributed by atoms with Gasteiger partial charge in [-0.15, -0.1) is 0 Å². The molecule has 1 aromatic heterocycles. The zero-order valence-corrected chi connectivity index (χ0v) is 4.87. The Morgan fingerprint density at radius 2 is 2.40 bits per heavy atom. The molecule has 0 aliphatic rings. The van der Waals surface area contributed by atoms with E-state index in [1.165, 1.54) is 0 Å². The lowest BCUT2D eigenvalue weighted by molar-refractivity contribution is 0.0690. The third kappa shape index (κ3) is 1.19. The largest absolute Gasteiger partial charge is 0.476 e. The third-order valence-corrected chi connectivity index (χ3v) is 0.891. The van der Waals surface area contributed by atoms with Gasteiger partial charge in [-0.1, -0.05) is 0 Å². The first kappa shape index (κ1) is 6.47. The predicted octanol–water partition coefficient (Wildman–Crippen LogP) is -0.532. The number of carbonyl (C=O) groups is 1. The molecule has 5 heteroatoms. The lowest BCUT2D eigenvalue weighted by Gasteiger charge is -1.87. The van der Waals surface area contributed by atoms with Crippen LogP contribution in [0.4, 0.5) is 0 Å². The summed E-state index contributed by atoms with van der Waals surface area (Å²) in [5.41, 5.74) is -0.579. The summed E-state index contributed by atoms with van der Waals surface area (Å²) in [6, 6.07) is 0. The van der Waals surface area contributed by atoms with Crippen molar-refractivity contribution >= 4 is 5.97 Å². The van der Waals surface area contributed by atoms with E-state index in [9.17, 15) is 9.59 Å². The summed E-state index contributed by atoms with van der Waals surface area (Å²) < 4.78 is 0. The van der Waals surface area contributed by atoms with Crippen LogP contribution in [0, 0.1) is 0 Å². The van der Waals surface area contributed by atoms with Gasteiger partial charge in [0.15, 0.2) is 5.69 Å². The van der Waals surface area contributed by atoms with Gasteiger partial charge in [0.1, 0.15) is 0 Å². The highest BCUT2D eigenvalue weighted by Gasteiger charge is 2.01. The second-order valence-electron chi connectivity index (χ2n) is 1.60. The van der Waals surface area contributed by atoms with Crippen LogP contribution in [0.25, 0.3) is 0 Å². The molecule has 0 unspecified atom stereocenters. The number of nitrogens with one attached hydrogen (secondary N) is 1. The minimum absolute atomic E-state index is 0.167. The van der Waals surface area contributed by atoms with E-state index < -0.39 is 11.5 Å². The highest BCUT2D eigenvalue weighted by molar-refractivity contribution is 5.84. The molecule has 0 fully saturated rings. The number of carboxylic acid groups (broad SMARTS) is 1. The van der Waals surface area contributed by atoms with Crippen molar-refractivity contribution in [2.75, 3.05) is 0 Å². The molecule has 0 aliphatic heterocycles. The second-order valence-corrected chi connectivity index (χ2v) is 1.60. The van der Waals surface area contributed by atoms with Gasteiger partial charge >= 0.3 is 5.97 Å². The minimum atomic E-state index is -1.16. The molecule has 10 heavy (non-hydrogen) atoms. The topological polar surface area (TPSA) is 83.0 Å². The fourth-order valence-corrected chi connectivity index (χ4v) is 0.459. The molecule has 0 bridgehead atoms. The smallest absolute Gasteiger partial charge is 0.356 e. The summed E-state index contributed by atoms with van der Waals surface area (Å²) in [7, 11) is 0. The van der Waals surface area contributed by atoms with Crippen LogP contribution in [0.3, 0.4) is 0 Å². The van der Waals surface area contributed by atoms with Crippen molar-refractivity contribution in [1.82, 2.24) is 9.97 Å². The average molecular weight is 140 g/mol. The first-order valence-corrected chi connectivity index (χ1v) is 2.48. The first-order chi connectivity index (χ1) is 4.70. The van der Waals surface area contributed by atoms with Crippen molar-refractivity contribution in [2.45, 2.75) is 0 Å². The molecule has 0 spiro atoms. The number of aromatic amines is 1. The van der Waals surface area contributed by atoms with Crippen LogP contribution >= 0.6 is 0 Å². The van der Waals surface area contributed by atoms with Crippen LogP contribution < -0.4 is 5.56 Å². The maximum absolute atomic E-state index is 10.3. The number of H-pyrrole nitrogens is 1. The van der Waals surface area contributed by atoms with Crippen molar-refractivity contribution in [2.24, 2.45) is 0 Å². The van der Waals surface area contributed by atoms with Crippen molar-refractivity contribution in [1.29, 1.82) is 0 Å². The van der Waals surface area contributed by atoms with Crippen LogP contribution in [0.2, 0.25) is 0 Å². The average Bonchev–Trinajstić information content (AvgIpc) is 1.88. The summed E-state index contributed by atoms with van der Waals surface area (Å²) in [6.07, 6.45) is 1.97. The van der Waals surface area contributed by atoms with E-state index in [4.69, 9.17) is 5.11 Å². The van der Waals surface area contributed by atoms with E-state index in [0.717, 1.165) is 12.4 Å². The van der Waals surface area contributed by atoms with Gasteiger partial charge in [-0.3, -0.25) is 4.79 Å². The van der Waals surface area contributed by atoms with E-state index in [1.54, 1.807) is 0 Å². The molecule has 2 N–H and O–H groups in total. The van der Waals surface area contributed by atoms with Crippen molar-refractivity contribution in [3.63, 3.8) is 0 Å². The maximum Gasteiger partial charge on any atom is 0.356 e. The lowest BCUT2D eigenvalue weighted by atomic mass is 10.5. The number of aromatic carboxylic acids is 1. The quantitative estimate of drug-likeness (QED) is 0.549. The number of nitrogens with zero attached hydrogens (tertiary/aromatic N) is 1. The van der Waals surface area contributed by atoms with Crippen molar-refractivity contribution in [3.8, 4) is 0 Å². The molecule has 0 saturated heterocycles. The number of hydrogen-bond acceptors (Lipinski definition) is 3. The highest BCUT2D eigenvalue weighted by Crippen LogP contribution is 1.84. The second kappa shape index (κ2) is 2.30. The molecular weight excluding hydrogens is 136 g/mol. The molecule has 0 atom stereocenters. The molecule has 0 aliphatic carbocycles. The number of rotatable bonds is 1. The fraction of sp³-hybridized carbons (Fsp3) is 0. The van der Waals surface area contributed by atoms with E-state index in [1.807, 2.05) is 0 Å². The van der Waals surface area contributed by atoms with E-state index in [2.05, 4.69) is 9.97 Å². The molecule has 1 rings (SSSR count). The number of carboxylic acids is 1. The Morgan fingerprint density at radius 3 is 2.80 bits per heavy atom. The predicted molar refractivity (Wildman–Crippen MR) is 31.8 cm³/mol.